The van der Waals surface area contributed by atoms with E-state index in [0.29, 0.717) is 62.3 Å². The summed E-state index contributed by atoms with van der Waals surface area (Å²) in [4.78, 5) is 40.8. The number of amides is 3. The SMILES string of the molecule is CCNC(=O)c1ccc2c(c1)CCc1cc(C(=O)NCC)ccc1C2(C[C@@H](NCC(=O)N1CCCC1C#N)C(C)C)c1nn[nH]n1. The molecular weight excluding hydrogens is 582 g/mol. The van der Waals surface area contributed by atoms with Gasteiger partial charge in [-0.1, -0.05) is 31.2 Å². The second kappa shape index (κ2) is 14.2. The minimum absolute atomic E-state index is 0.0926. The lowest BCUT2D eigenvalue weighted by Gasteiger charge is -2.38. The Morgan fingerprint density at radius 2 is 1.63 bits per heavy atom. The van der Waals surface area contributed by atoms with Crippen LogP contribution in [0.3, 0.4) is 0 Å². The Bertz CT molecular complexity index is 1540. The molecule has 2 heterocycles. The fourth-order valence-corrected chi connectivity index (χ4v) is 6.94. The minimum atomic E-state index is -0.929. The zero-order valence-electron chi connectivity index (χ0n) is 27.0. The predicted molar refractivity (Wildman–Crippen MR) is 172 cm³/mol. The van der Waals surface area contributed by atoms with E-state index in [-0.39, 0.29) is 36.2 Å². The van der Waals surface area contributed by atoms with Gasteiger partial charge >= 0.3 is 0 Å². The van der Waals surface area contributed by atoms with Crippen LogP contribution in [0.25, 0.3) is 0 Å². The van der Waals surface area contributed by atoms with Crippen molar-refractivity contribution in [1.82, 2.24) is 41.5 Å². The maximum Gasteiger partial charge on any atom is 0.251 e. The molecule has 2 atom stereocenters. The van der Waals surface area contributed by atoms with E-state index < -0.39 is 11.5 Å². The lowest BCUT2D eigenvalue weighted by molar-refractivity contribution is -0.130. The van der Waals surface area contributed by atoms with Gasteiger partial charge in [0, 0.05) is 36.8 Å². The number of carbonyl (C=O) groups is 3. The minimum Gasteiger partial charge on any atom is -0.352 e. The molecule has 12 nitrogen and oxygen atoms in total. The molecule has 1 fully saturated rings. The molecule has 2 aromatic carbocycles. The highest BCUT2D eigenvalue weighted by atomic mass is 16.2. The monoisotopic (exact) mass is 625 g/mol. The topological polar surface area (TPSA) is 169 Å². The van der Waals surface area contributed by atoms with Gasteiger partial charge in [0.25, 0.3) is 11.8 Å². The summed E-state index contributed by atoms with van der Waals surface area (Å²) in [6, 6.07) is 13.2. The molecule has 1 unspecified atom stereocenters. The summed E-state index contributed by atoms with van der Waals surface area (Å²) in [6.07, 6.45) is 3.26. The van der Waals surface area contributed by atoms with Crippen molar-refractivity contribution in [2.75, 3.05) is 26.2 Å². The van der Waals surface area contributed by atoms with Crippen LogP contribution in [0.2, 0.25) is 0 Å². The van der Waals surface area contributed by atoms with Gasteiger partial charge in [-0.15, -0.1) is 10.2 Å². The first-order valence-electron chi connectivity index (χ1n) is 16.2. The largest absolute Gasteiger partial charge is 0.352 e. The zero-order chi connectivity index (χ0) is 32.8. The van der Waals surface area contributed by atoms with Crippen molar-refractivity contribution in [3.8, 4) is 6.07 Å². The van der Waals surface area contributed by atoms with Crippen LogP contribution in [-0.4, -0.2) is 81.5 Å². The number of nitrogens with one attached hydrogen (secondary N) is 4. The van der Waals surface area contributed by atoms with Crippen LogP contribution in [0.15, 0.2) is 36.4 Å². The van der Waals surface area contributed by atoms with E-state index in [4.69, 9.17) is 0 Å². The summed E-state index contributed by atoms with van der Waals surface area (Å²) < 4.78 is 0. The molecule has 242 valence electrons. The lowest BCUT2D eigenvalue weighted by Crippen LogP contribution is -2.48. The first-order valence-corrected chi connectivity index (χ1v) is 16.2. The van der Waals surface area contributed by atoms with Crippen LogP contribution in [0.4, 0.5) is 0 Å². The lowest BCUT2D eigenvalue weighted by atomic mass is 9.66. The van der Waals surface area contributed by atoms with Gasteiger partial charge in [0.1, 0.15) is 6.04 Å². The van der Waals surface area contributed by atoms with Gasteiger partial charge in [0.15, 0.2) is 5.82 Å². The summed E-state index contributed by atoms with van der Waals surface area (Å²) >= 11 is 0. The van der Waals surface area contributed by atoms with E-state index in [0.717, 1.165) is 28.7 Å². The third-order valence-corrected chi connectivity index (χ3v) is 9.29. The molecule has 0 radical (unpaired) electrons. The van der Waals surface area contributed by atoms with E-state index in [2.05, 4.69) is 56.5 Å². The number of nitriles is 1. The fraction of sp³-hybridized carbons (Fsp3) is 0.500. The van der Waals surface area contributed by atoms with Crippen molar-refractivity contribution in [3.05, 3.63) is 75.6 Å². The Morgan fingerprint density at radius 3 is 2.13 bits per heavy atom. The number of H-pyrrole nitrogens is 1. The molecule has 1 aliphatic heterocycles. The normalized spacial score (nSPS) is 17.4. The van der Waals surface area contributed by atoms with E-state index in [9.17, 15) is 19.6 Å². The smallest absolute Gasteiger partial charge is 0.251 e. The Labute approximate surface area is 269 Å². The van der Waals surface area contributed by atoms with Crippen LogP contribution in [-0.2, 0) is 23.1 Å². The number of fused-ring (bicyclic) bond motifs is 2. The molecule has 4 N–H and O–H groups in total. The highest BCUT2D eigenvalue weighted by Crippen LogP contribution is 2.47. The van der Waals surface area contributed by atoms with Crippen molar-refractivity contribution in [2.45, 2.75) is 77.3 Å². The molecule has 0 spiro atoms. The molecule has 5 rings (SSSR count). The molecule has 1 saturated heterocycles. The molecule has 0 bridgehead atoms. The number of rotatable bonds is 11. The fourth-order valence-electron chi connectivity index (χ4n) is 6.94. The third-order valence-electron chi connectivity index (χ3n) is 9.29. The van der Waals surface area contributed by atoms with Gasteiger partial charge in [0.05, 0.1) is 18.0 Å². The van der Waals surface area contributed by atoms with Crippen LogP contribution in [0.5, 0.6) is 0 Å². The zero-order valence-corrected chi connectivity index (χ0v) is 27.0. The Balaban J connectivity index is 1.64. The second-order valence-corrected chi connectivity index (χ2v) is 12.4. The second-order valence-electron chi connectivity index (χ2n) is 12.4. The van der Waals surface area contributed by atoms with Crippen LogP contribution >= 0.6 is 0 Å². The molecule has 1 aliphatic carbocycles. The highest BCUT2D eigenvalue weighted by Gasteiger charge is 2.47. The molecule has 3 amide bonds. The summed E-state index contributed by atoms with van der Waals surface area (Å²) in [6.45, 7) is 9.70. The molecular formula is C34H43N9O3. The van der Waals surface area contributed by atoms with Crippen molar-refractivity contribution >= 4 is 17.7 Å². The molecule has 1 aromatic heterocycles. The average molecular weight is 626 g/mol. The maximum atomic E-state index is 13.3. The van der Waals surface area contributed by atoms with Gasteiger partial charge in [-0.05, 0) is 98.4 Å². The van der Waals surface area contributed by atoms with Crippen LogP contribution in [0, 0.1) is 17.2 Å². The maximum absolute atomic E-state index is 13.3. The molecule has 12 heteroatoms. The first kappa shape index (κ1) is 32.8. The molecule has 0 saturated carbocycles. The summed E-state index contributed by atoms with van der Waals surface area (Å²) in [5, 5.41) is 34.7. The van der Waals surface area contributed by atoms with E-state index in [1.807, 2.05) is 50.2 Å². The van der Waals surface area contributed by atoms with Crippen molar-refractivity contribution in [1.29, 1.82) is 5.26 Å². The number of hydrogen-bond donors (Lipinski definition) is 4. The molecule has 46 heavy (non-hydrogen) atoms. The van der Waals surface area contributed by atoms with Gasteiger partial charge in [-0.25, -0.2) is 0 Å². The Hall–Kier alpha value is -4.63. The van der Waals surface area contributed by atoms with Crippen LogP contribution < -0.4 is 16.0 Å². The Kier molecular flexibility index (Phi) is 10.1. The highest BCUT2D eigenvalue weighted by molar-refractivity contribution is 5.95. The van der Waals surface area contributed by atoms with E-state index >= 15 is 0 Å². The van der Waals surface area contributed by atoms with Crippen LogP contribution in [0.1, 0.15) is 95.8 Å². The van der Waals surface area contributed by atoms with E-state index in [1.54, 1.807) is 4.90 Å². The number of nitrogens with zero attached hydrogens (tertiary/aromatic N) is 5. The summed E-state index contributed by atoms with van der Waals surface area (Å²) in [5.41, 5.74) is 4.08. The molecule has 3 aromatic rings. The summed E-state index contributed by atoms with van der Waals surface area (Å²) in [5.74, 6) is 0.183. The van der Waals surface area contributed by atoms with Crippen molar-refractivity contribution in [3.63, 3.8) is 0 Å². The number of tetrazole rings is 1. The quantitative estimate of drug-likeness (QED) is 0.252. The number of hydrogen-bond acceptors (Lipinski definition) is 8. The van der Waals surface area contributed by atoms with Gasteiger partial charge in [-0.3, -0.25) is 14.4 Å². The predicted octanol–water partition coefficient (Wildman–Crippen LogP) is 2.65. The number of aromatic nitrogens is 4. The molecule has 2 aliphatic rings. The number of aryl methyl sites for hydroxylation is 2. The van der Waals surface area contributed by atoms with E-state index in [1.165, 1.54) is 0 Å². The third kappa shape index (κ3) is 6.37. The number of benzene rings is 2. The summed E-state index contributed by atoms with van der Waals surface area (Å²) in [7, 11) is 0. The van der Waals surface area contributed by atoms with Crippen molar-refractivity contribution < 1.29 is 14.4 Å². The number of carbonyl (C=O) groups excluding carboxylic acids is 3. The van der Waals surface area contributed by atoms with Crippen molar-refractivity contribution in [2.24, 2.45) is 5.92 Å². The Morgan fingerprint density at radius 1 is 1.02 bits per heavy atom. The first-order chi connectivity index (χ1) is 22.2. The van der Waals surface area contributed by atoms with Gasteiger partial charge in [0.2, 0.25) is 5.91 Å². The number of aromatic amines is 1. The average Bonchev–Trinajstić information content (AvgIpc) is 3.75. The number of likely N-dealkylation sites (tertiary alicyclic amines) is 1. The van der Waals surface area contributed by atoms with Gasteiger partial charge in [-0.2, -0.15) is 10.5 Å². The standard InChI is InChI=1S/C34H43N9O3/c1-5-36-31(45)24-11-13-27-22(16-24)9-10-23-17-25(32(46)37-6-2)12-14-28(23)34(27,33-39-41-42-40-33)18-29(21(3)4)38-20-30(44)43-15-7-8-26(43)19-35/h11-14,16-17,21,26,29,38H,5-10,15,18,20H2,1-4H3,(H,36,45)(H,37,46)(H,39,40,41,42)/t26?,29-/m1/s1. The van der Waals surface area contributed by atoms with Gasteiger partial charge < -0.3 is 20.9 Å².